The van der Waals surface area contributed by atoms with E-state index in [1.54, 1.807) is 6.07 Å². The molecule has 0 bridgehead atoms. The van der Waals surface area contributed by atoms with Crippen LogP contribution >= 0.6 is 23.2 Å². The van der Waals surface area contributed by atoms with E-state index >= 15 is 0 Å². The van der Waals surface area contributed by atoms with Gasteiger partial charge in [0.05, 0.1) is 10.0 Å². The molecular formula is C21H20Cl2O8. The fraction of sp³-hybridized carbons (Fsp3) is 0.190. The van der Waals surface area contributed by atoms with Crippen molar-refractivity contribution in [3.8, 4) is 11.1 Å². The minimum absolute atomic E-state index is 0. The Bertz CT molecular complexity index is 729. The van der Waals surface area contributed by atoms with Gasteiger partial charge in [-0.2, -0.15) is 0 Å². The third-order valence-corrected chi connectivity index (χ3v) is 2.86. The van der Waals surface area contributed by atoms with Crippen molar-refractivity contribution in [3.63, 3.8) is 0 Å². The Morgan fingerprint density at radius 3 is 1.26 bits per heavy atom. The van der Waals surface area contributed by atoms with Crippen LogP contribution in [0.4, 0.5) is 0 Å². The number of benzene rings is 2. The predicted molar refractivity (Wildman–Crippen MR) is 108 cm³/mol. The summed E-state index contributed by atoms with van der Waals surface area (Å²) in [5, 5.41) is 36.8. The zero-order valence-corrected chi connectivity index (χ0v) is 18.7. The number of aliphatic carboxylic acids is 4. The van der Waals surface area contributed by atoms with Gasteiger partial charge in [-0.3, -0.25) is 0 Å². The number of carbonyl (C=O) groups excluding carboxylic acids is 4. The van der Waals surface area contributed by atoms with E-state index in [4.69, 9.17) is 62.8 Å². The minimum Gasteiger partial charge on any atom is -0.550 e. The number of carbonyl (C=O) groups is 4. The maximum atomic E-state index is 8.89. The second-order valence-electron chi connectivity index (χ2n) is 4.93. The van der Waals surface area contributed by atoms with Crippen molar-refractivity contribution in [2.75, 3.05) is 0 Å². The van der Waals surface area contributed by atoms with Gasteiger partial charge in [0.2, 0.25) is 0 Å². The normalized spacial score (nSPS) is 7.81. The van der Waals surface area contributed by atoms with Crippen molar-refractivity contribution in [3.05, 3.63) is 66.0 Å². The van der Waals surface area contributed by atoms with E-state index in [1.165, 1.54) is 0 Å². The second kappa shape index (κ2) is 21.6. The molecule has 0 aliphatic carbocycles. The Kier molecular flexibility index (Phi) is 24.6. The maximum Gasteiger partial charge on any atom is 4.00 e. The summed E-state index contributed by atoms with van der Waals surface area (Å²) in [6.07, 6.45) is 0. The number of carboxylic acids is 4. The predicted octanol–water partition coefficient (Wildman–Crippen LogP) is -0.234. The zero-order valence-electron chi connectivity index (χ0n) is 17.1. The largest absolute Gasteiger partial charge is 4.00 e. The zero-order chi connectivity index (χ0) is 24.3. The molecular weight excluding hydrogens is 451 g/mol. The van der Waals surface area contributed by atoms with Gasteiger partial charge in [0.25, 0.3) is 0 Å². The Balaban J connectivity index is -0.000000179. The molecule has 2 aromatic rings. The topological polar surface area (TPSA) is 161 Å². The molecule has 31 heavy (non-hydrogen) atoms. The molecule has 0 spiro atoms. The van der Waals surface area contributed by atoms with Crippen LogP contribution in [0.2, 0.25) is 10.0 Å². The molecule has 0 amide bonds. The fourth-order valence-corrected chi connectivity index (χ4v) is 1.75. The number of carboxylic acid groups (broad SMARTS) is 4. The molecule has 0 heterocycles. The Morgan fingerprint density at radius 2 is 0.935 bits per heavy atom. The van der Waals surface area contributed by atoms with Crippen molar-refractivity contribution in [1.29, 1.82) is 0 Å². The van der Waals surface area contributed by atoms with Gasteiger partial charge >= 0.3 is 7.43 Å². The van der Waals surface area contributed by atoms with E-state index in [0.717, 1.165) is 38.8 Å². The van der Waals surface area contributed by atoms with E-state index in [2.05, 4.69) is 0 Å². The first-order valence-electron chi connectivity index (χ1n) is 7.92. The molecule has 10 heteroatoms. The van der Waals surface area contributed by atoms with E-state index in [1.807, 2.05) is 42.5 Å². The van der Waals surface area contributed by atoms with Crippen LogP contribution in [0.5, 0.6) is 0 Å². The Morgan fingerprint density at radius 1 is 0.613 bits per heavy atom. The number of hydrogen-bond acceptors (Lipinski definition) is 8. The van der Waals surface area contributed by atoms with Crippen LogP contribution in [0.25, 0.3) is 11.1 Å². The summed E-state index contributed by atoms with van der Waals surface area (Å²) in [5.74, 6) is -4.33. The van der Waals surface area contributed by atoms with Gasteiger partial charge in [-0.05, 0) is 39.3 Å². The van der Waals surface area contributed by atoms with Crippen LogP contribution in [-0.2, 0) is 19.2 Å². The molecule has 0 N–H and O–H groups in total. The van der Waals surface area contributed by atoms with Crippen LogP contribution in [0.15, 0.2) is 48.5 Å². The molecule has 0 saturated carbocycles. The standard InChI is InChI=1S/C12H8Cl2.4C2H4O2.C/c13-11-8-4-7-10(12(11)14)9-5-2-1-3-6-9;4*1-2(3)4;/h1-8H;4*1H3,(H,3,4);/q;;;;;+4/p-4. The van der Waals surface area contributed by atoms with Crippen molar-refractivity contribution >= 4 is 47.1 Å². The van der Waals surface area contributed by atoms with Gasteiger partial charge in [0.1, 0.15) is 0 Å². The Hall–Kier alpha value is -3.10. The minimum atomic E-state index is -1.08. The molecule has 0 aliphatic rings. The van der Waals surface area contributed by atoms with Crippen molar-refractivity contribution in [2.45, 2.75) is 27.7 Å². The van der Waals surface area contributed by atoms with Crippen molar-refractivity contribution < 1.29 is 39.6 Å². The van der Waals surface area contributed by atoms with Crippen LogP contribution in [0.1, 0.15) is 27.7 Å². The molecule has 2 aromatic carbocycles. The molecule has 0 aliphatic heterocycles. The summed E-state index contributed by atoms with van der Waals surface area (Å²) < 4.78 is 0. The average Bonchev–Trinajstić information content (AvgIpc) is 2.56. The SMILES string of the molecule is CC(=O)[O-].CC(=O)[O-].CC(=O)[O-].CC(=O)[O-].Clc1cccc(-c2ccccc2)c1Cl.[C+4]. The second-order valence-corrected chi connectivity index (χ2v) is 5.72. The van der Waals surface area contributed by atoms with E-state index in [9.17, 15) is 0 Å². The van der Waals surface area contributed by atoms with Crippen molar-refractivity contribution in [2.24, 2.45) is 0 Å². The summed E-state index contributed by atoms with van der Waals surface area (Å²) in [4.78, 5) is 35.6. The van der Waals surface area contributed by atoms with Gasteiger partial charge in [-0.1, -0.05) is 65.7 Å². The number of halogens is 2. The summed E-state index contributed by atoms with van der Waals surface area (Å²) in [5.41, 5.74) is 2.06. The van der Waals surface area contributed by atoms with E-state index in [0.29, 0.717) is 10.0 Å². The van der Waals surface area contributed by atoms with Gasteiger partial charge in [0, 0.05) is 29.4 Å². The van der Waals surface area contributed by atoms with Crippen LogP contribution < -0.4 is 20.4 Å². The molecule has 0 saturated heterocycles. The molecule has 8 nitrogen and oxygen atoms in total. The summed E-state index contributed by atoms with van der Waals surface area (Å²) in [6.45, 7) is 3.89. The first-order chi connectivity index (χ1) is 13.7. The van der Waals surface area contributed by atoms with Crippen LogP contribution in [0, 0.1) is 7.43 Å². The molecule has 0 atom stereocenters. The third-order valence-electron chi connectivity index (χ3n) is 2.04. The van der Waals surface area contributed by atoms with Crippen LogP contribution in [0.3, 0.4) is 0 Å². The van der Waals surface area contributed by atoms with Gasteiger partial charge in [-0.25, -0.2) is 0 Å². The van der Waals surface area contributed by atoms with Crippen LogP contribution in [-0.4, -0.2) is 23.9 Å². The summed E-state index contributed by atoms with van der Waals surface area (Å²) >= 11 is 12.0. The fourth-order valence-electron chi connectivity index (χ4n) is 1.34. The first-order valence-corrected chi connectivity index (χ1v) is 8.67. The molecule has 0 aromatic heterocycles. The van der Waals surface area contributed by atoms with E-state index < -0.39 is 23.9 Å². The monoisotopic (exact) mass is 470 g/mol. The third kappa shape index (κ3) is 31.8. The maximum absolute atomic E-state index is 8.89. The van der Waals surface area contributed by atoms with Gasteiger partial charge in [-0.15, -0.1) is 0 Å². The number of rotatable bonds is 1. The quantitative estimate of drug-likeness (QED) is 0.551. The molecule has 0 fully saturated rings. The Labute approximate surface area is 191 Å². The molecule has 0 radical (unpaired) electrons. The molecule has 0 unspecified atom stereocenters. The van der Waals surface area contributed by atoms with E-state index in [-0.39, 0.29) is 7.43 Å². The molecule has 2 rings (SSSR count). The average molecular weight is 471 g/mol. The summed E-state index contributed by atoms with van der Waals surface area (Å²) in [6, 6.07) is 15.6. The first kappa shape index (κ1) is 35.3. The molecule has 166 valence electrons. The number of hydrogen-bond donors (Lipinski definition) is 0. The smallest absolute Gasteiger partial charge is 0.550 e. The summed E-state index contributed by atoms with van der Waals surface area (Å²) in [7, 11) is 0. The van der Waals surface area contributed by atoms with Crippen molar-refractivity contribution in [1.82, 2.24) is 0 Å². The van der Waals surface area contributed by atoms with Gasteiger partial charge < -0.3 is 39.6 Å². The van der Waals surface area contributed by atoms with Gasteiger partial charge in [0.15, 0.2) is 0 Å².